The van der Waals surface area contributed by atoms with Gasteiger partial charge >= 0.3 is 0 Å². The monoisotopic (exact) mass is 380 g/mol. The summed E-state index contributed by atoms with van der Waals surface area (Å²) in [5.41, 5.74) is 3.28. The molecule has 1 aliphatic heterocycles. The Labute approximate surface area is 166 Å². The van der Waals surface area contributed by atoms with E-state index in [1.807, 2.05) is 19.0 Å². The lowest BCUT2D eigenvalue weighted by Crippen LogP contribution is -2.46. The van der Waals surface area contributed by atoms with Crippen LogP contribution in [0.1, 0.15) is 31.2 Å². The maximum Gasteiger partial charge on any atom is 0.181 e. The second kappa shape index (κ2) is 7.75. The highest BCUT2D eigenvalue weighted by Crippen LogP contribution is 2.27. The van der Waals surface area contributed by atoms with Crippen molar-refractivity contribution in [2.24, 2.45) is 0 Å². The number of aromatic nitrogens is 3. The van der Waals surface area contributed by atoms with E-state index >= 15 is 0 Å². The molecule has 4 rings (SSSR count). The minimum atomic E-state index is 0.365. The van der Waals surface area contributed by atoms with E-state index in [1.54, 1.807) is 12.7 Å². The number of anilines is 2. The number of hydrogen-bond donors (Lipinski definition) is 0. The molecule has 3 heterocycles. The number of fused-ring (bicyclic) bond motifs is 1. The first-order valence-corrected chi connectivity index (χ1v) is 9.84. The van der Waals surface area contributed by atoms with Crippen molar-refractivity contribution in [2.75, 3.05) is 50.1 Å². The summed E-state index contributed by atoms with van der Waals surface area (Å²) < 4.78 is 5.57. The van der Waals surface area contributed by atoms with Gasteiger partial charge < -0.3 is 14.2 Å². The van der Waals surface area contributed by atoms with Gasteiger partial charge in [0.25, 0.3) is 0 Å². The van der Waals surface area contributed by atoms with Gasteiger partial charge in [0.05, 0.1) is 11.2 Å². The van der Waals surface area contributed by atoms with Crippen LogP contribution < -0.4 is 9.80 Å². The Kier molecular flexibility index (Phi) is 5.17. The van der Waals surface area contributed by atoms with E-state index in [0.29, 0.717) is 5.92 Å². The van der Waals surface area contributed by atoms with Crippen LogP contribution in [0.15, 0.2) is 35.3 Å². The van der Waals surface area contributed by atoms with E-state index in [-0.39, 0.29) is 0 Å². The molecule has 0 spiro atoms. The molecular weight excluding hydrogens is 352 g/mol. The summed E-state index contributed by atoms with van der Waals surface area (Å²) >= 11 is 0. The van der Waals surface area contributed by atoms with Crippen molar-refractivity contribution in [3.05, 3.63) is 42.4 Å². The molecule has 7 nitrogen and oxygen atoms in total. The molecule has 0 radical (unpaired) electrons. The molecule has 0 amide bonds. The van der Waals surface area contributed by atoms with Gasteiger partial charge in [0.15, 0.2) is 6.39 Å². The lowest BCUT2D eigenvalue weighted by atomic mass is 10.1. The van der Waals surface area contributed by atoms with Crippen LogP contribution in [0.4, 0.5) is 11.5 Å². The molecule has 2 aromatic heterocycles. The van der Waals surface area contributed by atoms with Gasteiger partial charge in [-0.3, -0.25) is 4.90 Å². The second-order valence-corrected chi connectivity index (χ2v) is 7.87. The van der Waals surface area contributed by atoms with Crippen molar-refractivity contribution >= 4 is 22.4 Å². The zero-order chi connectivity index (χ0) is 19.7. The molecule has 1 fully saturated rings. The van der Waals surface area contributed by atoms with E-state index in [1.165, 1.54) is 5.69 Å². The third-order valence-corrected chi connectivity index (χ3v) is 5.33. The molecule has 1 aromatic carbocycles. The Balaban J connectivity index is 1.46. The summed E-state index contributed by atoms with van der Waals surface area (Å²) in [6, 6.07) is 6.48. The van der Waals surface area contributed by atoms with Gasteiger partial charge in [0.2, 0.25) is 0 Å². The van der Waals surface area contributed by atoms with Crippen molar-refractivity contribution in [3.8, 4) is 0 Å². The molecule has 3 aromatic rings. The van der Waals surface area contributed by atoms with Gasteiger partial charge in [-0.05, 0) is 18.2 Å². The summed E-state index contributed by atoms with van der Waals surface area (Å²) in [5.74, 6) is 2.33. The van der Waals surface area contributed by atoms with Gasteiger partial charge in [-0.2, -0.15) is 0 Å². The predicted molar refractivity (Wildman–Crippen MR) is 112 cm³/mol. The molecule has 1 aliphatic rings. The summed E-state index contributed by atoms with van der Waals surface area (Å²) in [5, 5.41) is 1.09. The van der Waals surface area contributed by atoms with Gasteiger partial charge in [0, 0.05) is 63.8 Å². The molecule has 0 atom stereocenters. The molecule has 0 saturated carbocycles. The lowest BCUT2D eigenvalue weighted by molar-refractivity contribution is 0.245. The standard InChI is InChI=1S/C21H28N6O/c1-15(2)20-19(24-14-28-20)12-26-7-9-27(10-8-26)16-5-6-18-17(11-16)21(25(3)4)23-13-22-18/h5-6,11,13-15H,7-10,12H2,1-4H3. The maximum absolute atomic E-state index is 5.57. The first kappa shape index (κ1) is 18.7. The van der Waals surface area contributed by atoms with Crippen LogP contribution in [0, 0.1) is 0 Å². The summed E-state index contributed by atoms with van der Waals surface area (Å²) in [6.07, 6.45) is 3.20. The average Bonchev–Trinajstić information content (AvgIpc) is 3.16. The highest BCUT2D eigenvalue weighted by Gasteiger charge is 2.21. The summed E-state index contributed by atoms with van der Waals surface area (Å²) in [6.45, 7) is 9.15. The molecule has 148 valence electrons. The van der Waals surface area contributed by atoms with Crippen LogP contribution in [0.5, 0.6) is 0 Å². The van der Waals surface area contributed by atoms with Crippen molar-refractivity contribution in [1.82, 2.24) is 19.9 Å². The number of rotatable bonds is 5. The van der Waals surface area contributed by atoms with E-state index in [9.17, 15) is 0 Å². The Morgan fingerprint density at radius 3 is 2.57 bits per heavy atom. The first-order chi connectivity index (χ1) is 13.5. The molecular formula is C21H28N6O. The van der Waals surface area contributed by atoms with Crippen LogP contribution in [0.25, 0.3) is 10.9 Å². The van der Waals surface area contributed by atoms with Crippen LogP contribution >= 0.6 is 0 Å². The highest BCUT2D eigenvalue weighted by molar-refractivity contribution is 5.91. The first-order valence-electron chi connectivity index (χ1n) is 9.84. The second-order valence-electron chi connectivity index (χ2n) is 7.87. The van der Waals surface area contributed by atoms with Crippen molar-refractivity contribution < 1.29 is 4.42 Å². The van der Waals surface area contributed by atoms with E-state index in [2.05, 4.69) is 56.8 Å². The number of nitrogens with zero attached hydrogens (tertiary/aromatic N) is 6. The van der Waals surface area contributed by atoms with Crippen LogP contribution in [0.3, 0.4) is 0 Å². The minimum absolute atomic E-state index is 0.365. The van der Waals surface area contributed by atoms with Crippen molar-refractivity contribution in [2.45, 2.75) is 26.3 Å². The van der Waals surface area contributed by atoms with Crippen LogP contribution in [-0.4, -0.2) is 60.1 Å². The number of hydrogen-bond acceptors (Lipinski definition) is 7. The van der Waals surface area contributed by atoms with Crippen LogP contribution in [0.2, 0.25) is 0 Å². The number of piperazine rings is 1. The SMILES string of the molecule is CC(C)c1ocnc1CN1CCN(c2ccc3ncnc(N(C)C)c3c2)CC1. The normalized spacial score (nSPS) is 15.5. The zero-order valence-corrected chi connectivity index (χ0v) is 17.1. The third-order valence-electron chi connectivity index (χ3n) is 5.33. The average molecular weight is 380 g/mol. The molecule has 28 heavy (non-hydrogen) atoms. The summed E-state index contributed by atoms with van der Waals surface area (Å²) in [7, 11) is 4.03. The summed E-state index contributed by atoms with van der Waals surface area (Å²) in [4.78, 5) is 20.2. The van der Waals surface area contributed by atoms with Crippen molar-refractivity contribution in [1.29, 1.82) is 0 Å². The molecule has 7 heteroatoms. The van der Waals surface area contributed by atoms with Gasteiger partial charge in [-0.25, -0.2) is 15.0 Å². The topological polar surface area (TPSA) is 61.5 Å². The van der Waals surface area contributed by atoms with Crippen LogP contribution in [-0.2, 0) is 6.54 Å². The van der Waals surface area contributed by atoms with Gasteiger partial charge in [-0.15, -0.1) is 0 Å². The van der Waals surface area contributed by atoms with Crippen molar-refractivity contribution in [3.63, 3.8) is 0 Å². The Hall–Kier alpha value is -2.67. The fourth-order valence-corrected chi connectivity index (χ4v) is 3.83. The molecule has 0 bridgehead atoms. The van der Waals surface area contributed by atoms with E-state index in [4.69, 9.17) is 4.42 Å². The zero-order valence-electron chi connectivity index (χ0n) is 17.1. The molecule has 0 N–H and O–H groups in total. The van der Waals surface area contributed by atoms with E-state index < -0.39 is 0 Å². The maximum atomic E-state index is 5.57. The van der Waals surface area contributed by atoms with Gasteiger partial charge in [0.1, 0.15) is 17.9 Å². The fraction of sp³-hybridized carbons (Fsp3) is 0.476. The minimum Gasteiger partial charge on any atom is -0.448 e. The smallest absolute Gasteiger partial charge is 0.181 e. The Bertz CT molecular complexity index is 943. The number of oxazole rings is 1. The lowest BCUT2D eigenvalue weighted by Gasteiger charge is -2.36. The Morgan fingerprint density at radius 2 is 1.86 bits per heavy atom. The molecule has 0 unspecified atom stereocenters. The quantitative estimate of drug-likeness (QED) is 0.674. The van der Waals surface area contributed by atoms with Gasteiger partial charge in [-0.1, -0.05) is 13.8 Å². The Morgan fingerprint density at radius 1 is 1.07 bits per heavy atom. The third kappa shape index (κ3) is 3.67. The number of benzene rings is 1. The molecule has 1 saturated heterocycles. The predicted octanol–water partition coefficient (Wildman–Crippen LogP) is 3.13. The molecule has 0 aliphatic carbocycles. The highest BCUT2D eigenvalue weighted by atomic mass is 16.3. The fourth-order valence-electron chi connectivity index (χ4n) is 3.83. The largest absolute Gasteiger partial charge is 0.448 e. The van der Waals surface area contributed by atoms with E-state index in [0.717, 1.165) is 60.9 Å².